The number of H-pyrrole nitrogens is 1. The molecule has 5 nitrogen and oxygen atoms in total. The summed E-state index contributed by atoms with van der Waals surface area (Å²) in [5, 5.41) is 6.88. The number of aromatic amines is 1. The number of carbonyl (C=O) groups is 1. The molecule has 1 aromatic heterocycles. The highest BCUT2D eigenvalue weighted by molar-refractivity contribution is 5.82. The van der Waals surface area contributed by atoms with E-state index in [1.807, 2.05) is 30.3 Å². The van der Waals surface area contributed by atoms with E-state index in [2.05, 4.69) is 10.2 Å². The number of aromatic nitrogens is 2. The molecule has 0 saturated carbocycles. The normalized spacial score (nSPS) is 15.3. The van der Waals surface area contributed by atoms with Gasteiger partial charge >= 0.3 is 0 Å². The number of methoxy groups -OCH3 is 1. The van der Waals surface area contributed by atoms with Crippen LogP contribution in [0.1, 0.15) is 22.9 Å². The Labute approximate surface area is 111 Å². The summed E-state index contributed by atoms with van der Waals surface area (Å²) in [6.07, 6.45) is 1.23. The smallest absolute Gasteiger partial charge is 0.256 e. The standard InChI is InChI=1S/C14H15N3O2/c1-19-13(10-5-3-2-4-6-10)14(18)17-8-11-7-15-16-12(11)9-17/h2-7,13H,8-9H2,1H3,(H,15,16)/t13-/m1/s1. The zero-order valence-electron chi connectivity index (χ0n) is 10.7. The van der Waals surface area contributed by atoms with Gasteiger partial charge in [0.2, 0.25) is 0 Å². The Bertz CT molecular complexity index is 559. The number of hydrogen-bond donors (Lipinski definition) is 1. The molecule has 0 saturated heterocycles. The summed E-state index contributed by atoms with van der Waals surface area (Å²) in [7, 11) is 1.56. The first-order valence-corrected chi connectivity index (χ1v) is 6.17. The van der Waals surface area contributed by atoms with Crippen LogP contribution in [0.5, 0.6) is 0 Å². The van der Waals surface area contributed by atoms with Crippen molar-refractivity contribution in [2.75, 3.05) is 7.11 Å². The van der Waals surface area contributed by atoms with Gasteiger partial charge in [0.1, 0.15) is 0 Å². The topological polar surface area (TPSA) is 58.2 Å². The minimum absolute atomic E-state index is 0.0155. The number of amides is 1. The van der Waals surface area contributed by atoms with Crippen molar-refractivity contribution in [2.24, 2.45) is 0 Å². The van der Waals surface area contributed by atoms with Crippen LogP contribution in [-0.2, 0) is 22.6 Å². The Hall–Kier alpha value is -2.14. The van der Waals surface area contributed by atoms with Crippen LogP contribution < -0.4 is 0 Å². The number of hydrogen-bond acceptors (Lipinski definition) is 3. The summed E-state index contributed by atoms with van der Waals surface area (Å²) in [6, 6.07) is 9.55. The van der Waals surface area contributed by atoms with E-state index in [1.165, 1.54) is 0 Å². The molecule has 19 heavy (non-hydrogen) atoms. The predicted octanol–water partition coefficient (Wildman–Crippen LogP) is 1.64. The highest BCUT2D eigenvalue weighted by Gasteiger charge is 2.30. The quantitative estimate of drug-likeness (QED) is 0.909. The van der Waals surface area contributed by atoms with Crippen LogP contribution in [0.4, 0.5) is 0 Å². The zero-order valence-corrected chi connectivity index (χ0v) is 10.7. The third-order valence-electron chi connectivity index (χ3n) is 3.39. The van der Waals surface area contributed by atoms with Crippen LogP contribution in [0.2, 0.25) is 0 Å². The number of nitrogens with one attached hydrogen (secondary N) is 1. The van der Waals surface area contributed by atoms with Crippen molar-refractivity contribution in [3.05, 3.63) is 53.3 Å². The molecule has 3 rings (SSSR count). The van der Waals surface area contributed by atoms with E-state index >= 15 is 0 Å². The van der Waals surface area contributed by atoms with Gasteiger partial charge < -0.3 is 9.64 Å². The van der Waals surface area contributed by atoms with Crippen molar-refractivity contribution in [3.63, 3.8) is 0 Å². The van der Waals surface area contributed by atoms with Gasteiger partial charge in [0.25, 0.3) is 5.91 Å². The minimum atomic E-state index is -0.543. The van der Waals surface area contributed by atoms with E-state index in [1.54, 1.807) is 18.2 Å². The SMILES string of the molecule is CO[C@@H](C(=O)N1Cc2cn[nH]c2C1)c1ccccc1. The second-order valence-corrected chi connectivity index (χ2v) is 4.59. The van der Waals surface area contributed by atoms with E-state index in [9.17, 15) is 4.79 Å². The predicted molar refractivity (Wildman–Crippen MR) is 69.0 cm³/mol. The maximum absolute atomic E-state index is 12.5. The van der Waals surface area contributed by atoms with Crippen LogP contribution in [0.3, 0.4) is 0 Å². The minimum Gasteiger partial charge on any atom is -0.367 e. The van der Waals surface area contributed by atoms with Gasteiger partial charge in [0, 0.05) is 19.2 Å². The van der Waals surface area contributed by atoms with E-state index in [0.717, 1.165) is 16.8 Å². The van der Waals surface area contributed by atoms with E-state index in [4.69, 9.17) is 4.74 Å². The molecule has 1 atom stereocenters. The second kappa shape index (κ2) is 4.85. The molecule has 1 aromatic carbocycles. The first-order chi connectivity index (χ1) is 9.29. The zero-order chi connectivity index (χ0) is 13.2. The van der Waals surface area contributed by atoms with Crippen molar-refractivity contribution >= 4 is 5.91 Å². The molecular weight excluding hydrogens is 242 g/mol. The lowest BCUT2D eigenvalue weighted by molar-refractivity contribution is -0.143. The van der Waals surface area contributed by atoms with E-state index in [-0.39, 0.29) is 5.91 Å². The van der Waals surface area contributed by atoms with Crippen LogP contribution in [0.15, 0.2) is 36.5 Å². The molecule has 0 radical (unpaired) electrons. The summed E-state index contributed by atoms with van der Waals surface area (Å²) in [5.74, 6) is -0.0155. The van der Waals surface area contributed by atoms with Gasteiger partial charge in [-0.1, -0.05) is 30.3 Å². The van der Waals surface area contributed by atoms with Gasteiger partial charge in [0.05, 0.1) is 18.4 Å². The lowest BCUT2D eigenvalue weighted by Gasteiger charge is -2.22. The molecule has 0 unspecified atom stereocenters. The molecule has 98 valence electrons. The summed E-state index contributed by atoms with van der Waals surface area (Å²) in [4.78, 5) is 14.3. The Morgan fingerprint density at radius 3 is 2.84 bits per heavy atom. The summed E-state index contributed by atoms with van der Waals surface area (Å²) in [6.45, 7) is 1.16. The van der Waals surface area contributed by atoms with Crippen molar-refractivity contribution in [2.45, 2.75) is 19.2 Å². The molecule has 1 N–H and O–H groups in total. The van der Waals surface area contributed by atoms with Crippen molar-refractivity contribution in [3.8, 4) is 0 Å². The van der Waals surface area contributed by atoms with Gasteiger partial charge in [-0.05, 0) is 5.56 Å². The van der Waals surface area contributed by atoms with Crippen LogP contribution in [0, 0.1) is 0 Å². The number of nitrogens with zero attached hydrogens (tertiary/aromatic N) is 2. The average Bonchev–Trinajstić information content (AvgIpc) is 3.01. The van der Waals surface area contributed by atoms with E-state index in [0.29, 0.717) is 13.1 Å². The Morgan fingerprint density at radius 1 is 1.37 bits per heavy atom. The average molecular weight is 257 g/mol. The molecular formula is C14H15N3O2. The van der Waals surface area contributed by atoms with Crippen LogP contribution in [-0.4, -0.2) is 28.1 Å². The van der Waals surface area contributed by atoms with Gasteiger partial charge in [-0.15, -0.1) is 0 Å². The van der Waals surface area contributed by atoms with Gasteiger partial charge in [-0.2, -0.15) is 5.10 Å². The second-order valence-electron chi connectivity index (χ2n) is 4.59. The molecule has 1 amide bonds. The van der Waals surface area contributed by atoms with Crippen LogP contribution >= 0.6 is 0 Å². The fourth-order valence-corrected chi connectivity index (χ4v) is 2.39. The van der Waals surface area contributed by atoms with E-state index < -0.39 is 6.10 Å². The molecule has 1 aliphatic rings. The summed E-state index contributed by atoms with van der Waals surface area (Å²) < 4.78 is 5.37. The largest absolute Gasteiger partial charge is 0.367 e. The van der Waals surface area contributed by atoms with Crippen molar-refractivity contribution in [1.29, 1.82) is 0 Å². The first kappa shape index (κ1) is 11.9. The highest BCUT2D eigenvalue weighted by atomic mass is 16.5. The molecule has 2 heterocycles. The number of fused-ring (bicyclic) bond motifs is 1. The molecule has 0 fully saturated rings. The van der Waals surface area contributed by atoms with Crippen molar-refractivity contribution in [1.82, 2.24) is 15.1 Å². The molecule has 5 heteroatoms. The summed E-state index contributed by atoms with van der Waals surface area (Å²) >= 11 is 0. The molecule has 1 aliphatic heterocycles. The van der Waals surface area contributed by atoms with Gasteiger partial charge in [-0.25, -0.2) is 0 Å². The van der Waals surface area contributed by atoms with Crippen LogP contribution in [0.25, 0.3) is 0 Å². The summed E-state index contributed by atoms with van der Waals surface area (Å²) in [5.41, 5.74) is 2.97. The third kappa shape index (κ3) is 2.13. The molecule has 0 bridgehead atoms. The number of ether oxygens (including phenoxy) is 1. The Morgan fingerprint density at radius 2 is 2.16 bits per heavy atom. The third-order valence-corrected chi connectivity index (χ3v) is 3.39. The molecule has 2 aromatic rings. The maximum Gasteiger partial charge on any atom is 0.256 e. The molecule has 0 aliphatic carbocycles. The number of benzene rings is 1. The number of rotatable bonds is 3. The highest BCUT2D eigenvalue weighted by Crippen LogP contribution is 2.26. The monoisotopic (exact) mass is 257 g/mol. The lowest BCUT2D eigenvalue weighted by Crippen LogP contribution is -2.31. The number of carbonyl (C=O) groups excluding carboxylic acids is 1. The fraction of sp³-hybridized carbons (Fsp3) is 0.286. The van der Waals surface area contributed by atoms with Gasteiger partial charge in [-0.3, -0.25) is 9.89 Å². The Kier molecular flexibility index (Phi) is 3.05. The lowest BCUT2D eigenvalue weighted by atomic mass is 10.1. The molecule has 0 spiro atoms. The first-order valence-electron chi connectivity index (χ1n) is 6.17. The van der Waals surface area contributed by atoms with Crippen molar-refractivity contribution < 1.29 is 9.53 Å². The Balaban J connectivity index is 1.78. The van der Waals surface area contributed by atoms with Gasteiger partial charge in [0.15, 0.2) is 6.10 Å². The fourth-order valence-electron chi connectivity index (χ4n) is 2.39. The maximum atomic E-state index is 12.5.